The van der Waals surface area contributed by atoms with E-state index in [1.165, 1.54) is 25.5 Å². The molecule has 1 atom stereocenters. The van der Waals surface area contributed by atoms with Crippen molar-refractivity contribution in [1.29, 1.82) is 0 Å². The third-order valence-corrected chi connectivity index (χ3v) is 3.42. The number of thiocarbonyl (C=S) groups is 1. The first-order valence-electron chi connectivity index (χ1n) is 7.50. The molecule has 2 aromatic rings. The number of nitrogens with one attached hydrogen (secondary N) is 2. The van der Waals surface area contributed by atoms with E-state index >= 15 is 0 Å². The van der Waals surface area contributed by atoms with Gasteiger partial charge in [-0.1, -0.05) is 0 Å². The molecule has 0 bridgehead atoms. The number of ether oxygens (including phenoxy) is 2. The number of rotatable bonds is 6. The van der Waals surface area contributed by atoms with Crippen LogP contribution in [-0.2, 0) is 6.18 Å². The second-order valence-corrected chi connectivity index (χ2v) is 5.70. The molecule has 8 nitrogen and oxygen atoms in total. The Labute approximate surface area is 162 Å². The van der Waals surface area contributed by atoms with Crippen LogP contribution in [0.1, 0.15) is 11.1 Å². The van der Waals surface area contributed by atoms with Gasteiger partial charge >= 0.3 is 6.18 Å². The number of benzene rings is 2. The predicted molar refractivity (Wildman–Crippen MR) is 97.8 cm³/mol. The van der Waals surface area contributed by atoms with Crippen molar-refractivity contribution in [3.63, 3.8) is 0 Å². The summed E-state index contributed by atoms with van der Waals surface area (Å²) in [5.41, 5.74) is 6.45. The lowest BCUT2D eigenvalue weighted by Gasteiger charge is -2.18. The number of alkyl halides is 3. The summed E-state index contributed by atoms with van der Waals surface area (Å²) >= 11 is 4.61. The van der Waals surface area contributed by atoms with Crippen molar-refractivity contribution in [3.8, 4) is 17.2 Å². The molecule has 0 spiro atoms. The molecule has 0 heterocycles. The molecular formula is C16H15F3N4O4S. The first-order valence-corrected chi connectivity index (χ1v) is 7.91. The van der Waals surface area contributed by atoms with Crippen molar-refractivity contribution in [3.05, 3.63) is 52.7 Å². The van der Waals surface area contributed by atoms with Gasteiger partial charge in [0.25, 0.3) is 0 Å². The lowest BCUT2D eigenvalue weighted by atomic mass is 10.1. The molecule has 0 aliphatic rings. The van der Waals surface area contributed by atoms with Crippen molar-refractivity contribution in [2.75, 3.05) is 7.11 Å². The standard InChI is InChI=1S/C16H15F3N4O4S/c1-26-14-6-9(8-21-22-15(20)28)2-4-13(14)27-12-5-3-10(16(17,18)19)7-11(12)23(24)25/h2-8,23-24H,1H3,(H3,20,22,28)/b21-8+. The Morgan fingerprint density at radius 2 is 1.93 bits per heavy atom. The van der Waals surface area contributed by atoms with Crippen LogP contribution in [0.5, 0.6) is 17.2 Å². The average molecular weight is 416 g/mol. The summed E-state index contributed by atoms with van der Waals surface area (Å²) in [6, 6.07) is 6.71. The molecule has 0 aromatic heterocycles. The van der Waals surface area contributed by atoms with Gasteiger partial charge in [0.1, 0.15) is 0 Å². The smallest absolute Gasteiger partial charge is 0.416 e. The number of hydrogen-bond donors (Lipinski definition) is 4. The van der Waals surface area contributed by atoms with E-state index in [9.17, 15) is 23.6 Å². The van der Waals surface area contributed by atoms with Crippen LogP contribution in [0.3, 0.4) is 0 Å². The lowest BCUT2D eigenvalue weighted by Crippen LogP contribution is -2.99. The van der Waals surface area contributed by atoms with Gasteiger partial charge in [-0.15, -0.1) is 0 Å². The summed E-state index contributed by atoms with van der Waals surface area (Å²) in [7, 11) is 1.35. The fourth-order valence-electron chi connectivity index (χ4n) is 2.10. The monoisotopic (exact) mass is 416 g/mol. The summed E-state index contributed by atoms with van der Waals surface area (Å²) in [4.78, 5) is 0. The van der Waals surface area contributed by atoms with E-state index in [1.54, 1.807) is 6.07 Å². The van der Waals surface area contributed by atoms with Gasteiger partial charge < -0.3 is 20.4 Å². The summed E-state index contributed by atoms with van der Waals surface area (Å²) in [5, 5.41) is 22.8. The fourth-order valence-corrected chi connectivity index (χ4v) is 2.15. The first kappa shape index (κ1) is 21.4. The van der Waals surface area contributed by atoms with Crippen molar-refractivity contribution in [2.45, 2.75) is 6.18 Å². The number of quaternary nitrogens is 1. The Bertz CT molecular complexity index is 891. The van der Waals surface area contributed by atoms with Gasteiger partial charge in [-0.25, -0.2) is 5.21 Å². The van der Waals surface area contributed by atoms with E-state index in [2.05, 4.69) is 22.7 Å². The fraction of sp³-hybridized carbons (Fsp3) is 0.125. The van der Waals surface area contributed by atoms with Gasteiger partial charge in [0, 0.05) is 6.07 Å². The van der Waals surface area contributed by atoms with E-state index in [0.29, 0.717) is 11.6 Å². The van der Waals surface area contributed by atoms with Crippen molar-refractivity contribution in [1.82, 2.24) is 5.43 Å². The molecule has 0 radical (unpaired) electrons. The van der Waals surface area contributed by atoms with Gasteiger partial charge in [-0.2, -0.15) is 23.5 Å². The second-order valence-electron chi connectivity index (χ2n) is 5.26. The van der Waals surface area contributed by atoms with E-state index in [0.717, 1.165) is 12.1 Å². The minimum atomic E-state index is -4.68. The maximum absolute atomic E-state index is 12.8. The highest BCUT2D eigenvalue weighted by molar-refractivity contribution is 7.80. The van der Waals surface area contributed by atoms with Crippen LogP contribution in [0.15, 0.2) is 41.5 Å². The molecule has 28 heavy (non-hydrogen) atoms. The van der Waals surface area contributed by atoms with Crippen LogP contribution in [-0.4, -0.2) is 23.6 Å². The molecule has 0 fully saturated rings. The Morgan fingerprint density at radius 1 is 1.25 bits per heavy atom. The lowest BCUT2D eigenvalue weighted by molar-refractivity contribution is -0.991. The molecule has 0 aliphatic carbocycles. The van der Waals surface area contributed by atoms with Crippen molar-refractivity contribution < 1.29 is 33.1 Å². The molecule has 150 valence electrons. The van der Waals surface area contributed by atoms with Gasteiger partial charge in [-0.05, 0) is 48.1 Å². The minimum absolute atomic E-state index is 0.0216. The van der Waals surface area contributed by atoms with Crippen LogP contribution < -0.4 is 25.9 Å². The van der Waals surface area contributed by atoms with Gasteiger partial charge in [0.2, 0.25) is 5.69 Å². The van der Waals surface area contributed by atoms with Gasteiger partial charge in [0.15, 0.2) is 22.4 Å². The number of nitrogens with two attached hydrogens (primary N) is 1. The largest absolute Gasteiger partial charge is 0.595 e. The number of halogens is 3. The second kappa shape index (κ2) is 8.84. The maximum Gasteiger partial charge on any atom is 0.416 e. The maximum atomic E-state index is 12.8. The van der Waals surface area contributed by atoms with Crippen LogP contribution in [0.25, 0.3) is 0 Å². The molecule has 0 saturated carbocycles. The molecule has 0 saturated heterocycles. The Hall–Kier alpha value is -2.93. The quantitative estimate of drug-likeness (QED) is 0.324. The molecular weight excluding hydrogens is 401 g/mol. The van der Waals surface area contributed by atoms with Crippen LogP contribution in [0, 0.1) is 5.21 Å². The highest BCUT2D eigenvalue weighted by atomic mass is 32.1. The SMILES string of the molecule is COc1cc(/C=N/NC(N)=S)ccc1Oc1ccc(C(F)(F)F)cc1[NH+]([O-])O. The van der Waals surface area contributed by atoms with E-state index in [4.69, 9.17) is 15.2 Å². The number of methoxy groups -OCH3 is 1. The molecule has 12 heteroatoms. The molecule has 0 aliphatic heterocycles. The third-order valence-electron chi connectivity index (χ3n) is 3.33. The van der Waals surface area contributed by atoms with Crippen LogP contribution in [0.2, 0.25) is 0 Å². The van der Waals surface area contributed by atoms with Crippen LogP contribution in [0.4, 0.5) is 18.9 Å². The van der Waals surface area contributed by atoms with Gasteiger partial charge in [-0.3, -0.25) is 5.43 Å². The van der Waals surface area contributed by atoms with Crippen molar-refractivity contribution in [2.24, 2.45) is 10.8 Å². The average Bonchev–Trinajstić information content (AvgIpc) is 2.61. The zero-order valence-electron chi connectivity index (χ0n) is 14.3. The first-order chi connectivity index (χ1) is 13.1. The summed E-state index contributed by atoms with van der Waals surface area (Å²) in [6.07, 6.45) is -3.28. The summed E-state index contributed by atoms with van der Waals surface area (Å²) in [5.74, 6) is 0.0371. The molecule has 2 aromatic carbocycles. The zero-order chi connectivity index (χ0) is 20.9. The Balaban J connectivity index is 2.34. The van der Waals surface area contributed by atoms with Crippen molar-refractivity contribution >= 4 is 29.2 Å². The zero-order valence-corrected chi connectivity index (χ0v) is 15.1. The van der Waals surface area contributed by atoms with Crippen LogP contribution >= 0.6 is 12.2 Å². The molecule has 2 rings (SSSR count). The topological polar surface area (TPSA) is 117 Å². The highest BCUT2D eigenvalue weighted by Gasteiger charge is 2.32. The van der Waals surface area contributed by atoms with E-state index in [1.807, 2.05) is 0 Å². The van der Waals surface area contributed by atoms with E-state index < -0.39 is 22.7 Å². The summed E-state index contributed by atoms with van der Waals surface area (Å²) < 4.78 is 49.1. The molecule has 0 amide bonds. The van der Waals surface area contributed by atoms with Gasteiger partial charge in [0.05, 0.1) is 18.9 Å². The normalized spacial score (nSPS) is 12.6. The summed E-state index contributed by atoms with van der Waals surface area (Å²) in [6.45, 7) is 0. The number of hydrogen-bond acceptors (Lipinski definition) is 6. The Kier molecular flexibility index (Phi) is 6.75. The molecule has 5 N–H and O–H groups in total. The third kappa shape index (κ3) is 5.53. The van der Waals surface area contributed by atoms with E-state index in [-0.39, 0.29) is 22.4 Å². The molecule has 1 unspecified atom stereocenters. The number of hydrazone groups is 1. The number of nitrogens with zero attached hydrogens (tertiary/aromatic N) is 1. The minimum Gasteiger partial charge on any atom is -0.595 e. The predicted octanol–water partition coefficient (Wildman–Crippen LogP) is 2.08. The Morgan fingerprint density at radius 3 is 2.50 bits per heavy atom. The highest BCUT2D eigenvalue weighted by Crippen LogP contribution is 2.37.